The van der Waals surface area contributed by atoms with Gasteiger partial charge in [0.1, 0.15) is 6.04 Å². The highest BCUT2D eigenvalue weighted by molar-refractivity contribution is 5.76. The van der Waals surface area contributed by atoms with E-state index in [1.54, 1.807) is 0 Å². The van der Waals surface area contributed by atoms with Crippen LogP contribution in [0.4, 0.5) is 0 Å². The van der Waals surface area contributed by atoms with Crippen molar-refractivity contribution >= 4 is 5.97 Å². The molecule has 2 aliphatic rings. The summed E-state index contributed by atoms with van der Waals surface area (Å²) in [6.07, 6.45) is 6.12. The van der Waals surface area contributed by atoms with Crippen LogP contribution in [-0.4, -0.2) is 48.7 Å². The van der Waals surface area contributed by atoms with E-state index >= 15 is 0 Å². The van der Waals surface area contributed by atoms with Crippen molar-refractivity contribution in [1.29, 1.82) is 0 Å². The Labute approximate surface area is 110 Å². The molecule has 0 bridgehead atoms. The average molecular weight is 254 g/mol. The first-order valence-corrected chi connectivity index (χ1v) is 7.41. The molecule has 1 heterocycles. The maximum absolute atomic E-state index is 12.0. The van der Waals surface area contributed by atoms with Crippen LogP contribution in [0.3, 0.4) is 0 Å². The lowest BCUT2D eigenvalue weighted by Gasteiger charge is -2.28. The average Bonchev–Trinajstić information content (AvgIpc) is 3.06. The minimum Gasteiger partial charge on any atom is -0.465 e. The topological polar surface area (TPSA) is 41.6 Å². The second-order valence-electron chi connectivity index (χ2n) is 5.44. The molecular weight excluding hydrogens is 228 g/mol. The van der Waals surface area contributed by atoms with Gasteiger partial charge in [0.2, 0.25) is 0 Å². The minimum absolute atomic E-state index is 0.0776. The molecular formula is C14H26N2O2. The molecule has 0 aromatic rings. The number of likely N-dealkylation sites (tertiary alicyclic amines) is 1. The predicted molar refractivity (Wildman–Crippen MR) is 71.5 cm³/mol. The number of esters is 1. The van der Waals surface area contributed by atoms with Crippen LogP contribution in [0.25, 0.3) is 0 Å². The molecule has 2 atom stereocenters. The largest absolute Gasteiger partial charge is 0.465 e. The molecule has 0 aromatic carbocycles. The molecule has 1 N–H and O–H groups in total. The molecule has 4 heteroatoms. The van der Waals surface area contributed by atoms with Gasteiger partial charge in [0.15, 0.2) is 0 Å². The number of carbonyl (C=O) groups is 1. The molecule has 1 aliphatic heterocycles. The quantitative estimate of drug-likeness (QED) is 0.700. The first kappa shape index (κ1) is 13.8. The third-order valence-electron chi connectivity index (χ3n) is 3.97. The van der Waals surface area contributed by atoms with Crippen LogP contribution in [0.5, 0.6) is 0 Å². The van der Waals surface area contributed by atoms with Gasteiger partial charge in [-0.15, -0.1) is 0 Å². The number of rotatable bonds is 7. The number of nitrogens with one attached hydrogen (secondary N) is 1. The smallest absolute Gasteiger partial charge is 0.324 e. The van der Waals surface area contributed by atoms with E-state index in [0.717, 1.165) is 13.1 Å². The van der Waals surface area contributed by atoms with E-state index in [0.29, 0.717) is 18.7 Å². The van der Waals surface area contributed by atoms with Gasteiger partial charge in [-0.1, -0.05) is 6.92 Å². The van der Waals surface area contributed by atoms with Crippen LogP contribution in [-0.2, 0) is 9.53 Å². The van der Waals surface area contributed by atoms with Gasteiger partial charge >= 0.3 is 5.97 Å². The van der Waals surface area contributed by atoms with Gasteiger partial charge in [-0.25, -0.2) is 0 Å². The van der Waals surface area contributed by atoms with Crippen LogP contribution in [0.2, 0.25) is 0 Å². The molecule has 2 unspecified atom stereocenters. The van der Waals surface area contributed by atoms with Gasteiger partial charge in [-0.3, -0.25) is 9.69 Å². The Hall–Kier alpha value is -0.610. The maximum atomic E-state index is 12.0. The van der Waals surface area contributed by atoms with Crippen molar-refractivity contribution in [3.63, 3.8) is 0 Å². The lowest BCUT2D eigenvalue weighted by molar-refractivity contribution is -0.146. The van der Waals surface area contributed by atoms with Gasteiger partial charge in [0, 0.05) is 18.6 Å². The van der Waals surface area contributed by atoms with E-state index in [9.17, 15) is 4.79 Å². The predicted octanol–water partition coefficient (Wildman–Crippen LogP) is 1.54. The third-order valence-corrected chi connectivity index (χ3v) is 3.97. The molecule has 0 aromatic heterocycles. The van der Waals surface area contributed by atoms with E-state index in [-0.39, 0.29) is 12.0 Å². The second-order valence-corrected chi connectivity index (χ2v) is 5.44. The summed E-state index contributed by atoms with van der Waals surface area (Å²) in [6, 6.07) is 1.06. The number of hydrogen-bond acceptors (Lipinski definition) is 4. The zero-order valence-corrected chi connectivity index (χ0v) is 11.7. The lowest BCUT2D eigenvalue weighted by Crippen LogP contribution is -2.49. The fourth-order valence-electron chi connectivity index (χ4n) is 2.80. The van der Waals surface area contributed by atoms with E-state index in [2.05, 4.69) is 17.1 Å². The maximum Gasteiger partial charge on any atom is 0.324 e. The van der Waals surface area contributed by atoms with Gasteiger partial charge < -0.3 is 10.1 Å². The van der Waals surface area contributed by atoms with Crippen LogP contribution >= 0.6 is 0 Å². The van der Waals surface area contributed by atoms with Gasteiger partial charge in [0.25, 0.3) is 0 Å². The fourth-order valence-corrected chi connectivity index (χ4v) is 2.80. The monoisotopic (exact) mass is 254 g/mol. The first-order chi connectivity index (χ1) is 8.74. The van der Waals surface area contributed by atoms with E-state index in [1.165, 1.54) is 32.1 Å². The molecule has 0 spiro atoms. The molecule has 1 aliphatic carbocycles. The zero-order valence-electron chi connectivity index (χ0n) is 11.7. The molecule has 1 saturated heterocycles. The SMILES string of the molecule is CCOC(=O)C(CN1CCCC1CC)NC1CC1. The van der Waals surface area contributed by atoms with Crippen LogP contribution in [0.15, 0.2) is 0 Å². The molecule has 4 nitrogen and oxygen atoms in total. The molecule has 1 saturated carbocycles. The summed E-state index contributed by atoms with van der Waals surface area (Å²) < 4.78 is 5.18. The van der Waals surface area contributed by atoms with Crippen molar-refractivity contribution in [2.75, 3.05) is 19.7 Å². The van der Waals surface area contributed by atoms with Crippen LogP contribution < -0.4 is 5.32 Å². The molecule has 0 radical (unpaired) electrons. The Morgan fingerprint density at radius 3 is 2.78 bits per heavy atom. The Bertz CT molecular complexity index is 279. The van der Waals surface area contributed by atoms with Gasteiger partial charge in [-0.05, 0) is 45.6 Å². The summed E-state index contributed by atoms with van der Waals surface area (Å²) in [5, 5.41) is 3.43. The molecule has 18 heavy (non-hydrogen) atoms. The third kappa shape index (κ3) is 3.69. The van der Waals surface area contributed by atoms with Gasteiger partial charge in [0.05, 0.1) is 6.61 Å². The Morgan fingerprint density at radius 2 is 2.17 bits per heavy atom. The summed E-state index contributed by atoms with van der Waals surface area (Å²) in [4.78, 5) is 14.4. The number of hydrogen-bond donors (Lipinski definition) is 1. The Morgan fingerprint density at radius 1 is 1.39 bits per heavy atom. The van der Waals surface area contributed by atoms with Crippen molar-refractivity contribution in [3.05, 3.63) is 0 Å². The lowest BCUT2D eigenvalue weighted by atomic mass is 10.1. The molecule has 0 amide bonds. The van der Waals surface area contributed by atoms with Crippen LogP contribution in [0.1, 0.15) is 46.0 Å². The zero-order chi connectivity index (χ0) is 13.0. The number of ether oxygens (including phenoxy) is 1. The molecule has 2 rings (SSSR count). The fraction of sp³-hybridized carbons (Fsp3) is 0.929. The highest BCUT2D eigenvalue weighted by Crippen LogP contribution is 2.23. The summed E-state index contributed by atoms with van der Waals surface area (Å²) in [5.41, 5.74) is 0. The van der Waals surface area contributed by atoms with E-state index in [4.69, 9.17) is 4.74 Å². The van der Waals surface area contributed by atoms with Crippen molar-refractivity contribution in [1.82, 2.24) is 10.2 Å². The van der Waals surface area contributed by atoms with E-state index < -0.39 is 0 Å². The Balaban J connectivity index is 1.88. The van der Waals surface area contributed by atoms with Crippen molar-refractivity contribution in [2.24, 2.45) is 0 Å². The highest BCUT2D eigenvalue weighted by Gasteiger charge is 2.33. The van der Waals surface area contributed by atoms with Crippen molar-refractivity contribution in [3.8, 4) is 0 Å². The second kappa shape index (κ2) is 6.53. The molecule has 2 fully saturated rings. The van der Waals surface area contributed by atoms with Gasteiger partial charge in [-0.2, -0.15) is 0 Å². The summed E-state index contributed by atoms with van der Waals surface area (Å²) in [5.74, 6) is -0.0776. The van der Waals surface area contributed by atoms with Crippen molar-refractivity contribution in [2.45, 2.75) is 64.1 Å². The summed E-state index contributed by atoms with van der Waals surface area (Å²) in [7, 11) is 0. The molecule has 104 valence electrons. The highest BCUT2D eigenvalue weighted by atomic mass is 16.5. The standard InChI is InChI=1S/C14H26N2O2/c1-3-12-6-5-9-16(12)10-13(14(17)18-4-2)15-11-7-8-11/h11-13,15H,3-10H2,1-2H3. The van der Waals surface area contributed by atoms with E-state index in [1.807, 2.05) is 6.92 Å². The number of nitrogens with zero attached hydrogens (tertiary/aromatic N) is 1. The summed E-state index contributed by atoms with van der Waals surface area (Å²) >= 11 is 0. The Kier molecular flexibility index (Phi) is 5.01. The normalized spacial score (nSPS) is 26.2. The minimum atomic E-state index is -0.135. The summed E-state index contributed by atoms with van der Waals surface area (Å²) in [6.45, 7) is 6.51. The van der Waals surface area contributed by atoms with Crippen molar-refractivity contribution < 1.29 is 9.53 Å². The van der Waals surface area contributed by atoms with Crippen LogP contribution in [0, 0.1) is 0 Å². The number of carbonyl (C=O) groups excluding carboxylic acids is 1. The first-order valence-electron chi connectivity index (χ1n) is 7.41.